The molecule has 100 valence electrons. The molecule has 2 heteroatoms. The molecule has 1 aliphatic rings. The molecule has 0 radical (unpaired) electrons. The monoisotopic (exact) mass is 247 g/mol. The number of benzene rings is 1. The van der Waals surface area contributed by atoms with Gasteiger partial charge in [-0.05, 0) is 57.4 Å². The van der Waals surface area contributed by atoms with Gasteiger partial charge in [-0.15, -0.1) is 0 Å². The first-order valence-electron chi connectivity index (χ1n) is 7.15. The van der Waals surface area contributed by atoms with Crippen molar-refractivity contribution < 1.29 is 4.74 Å². The van der Waals surface area contributed by atoms with Crippen molar-refractivity contribution in [2.75, 3.05) is 6.54 Å². The van der Waals surface area contributed by atoms with Gasteiger partial charge in [-0.1, -0.05) is 25.0 Å². The third-order valence-corrected chi connectivity index (χ3v) is 3.45. The SMILES string of the molecule is CC(C)Oc1ccc(C(C)NCCC2CC2)cc1. The van der Waals surface area contributed by atoms with Gasteiger partial charge in [0.2, 0.25) is 0 Å². The van der Waals surface area contributed by atoms with Crippen LogP contribution in [0, 0.1) is 5.92 Å². The van der Waals surface area contributed by atoms with E-state index >= 15 is 0 Å². The molecule has 0 heterocycles. The lowest BCUT2D eigenvalue weighted by atomic mass is 10.1. The highest BCUT2D eigenvalue weighted by Crippen LogP contribution is 2.32. The second kappa shape index (κ2) is 6.24. The molecule has 0 aliphatic heterocycles. The maximum absolute atomic E-state index is 5.65. The second-order valence-corrected chi connectivity index (χ2v) is 5.64. The van der Waals surface area contributed by atoms with Crippen LogP contribution in [-0.2, 0) is 0 Å². The van der Waals surface area contributed by atoms with E-state index in [9.17, 15) is 0 Å². The lowest BCUT2D eigenvalue weighted by Crippen LogP contribution is -2.20. The minimum absolute atomic E-state index is 0.241. The van der Waals surface area contributed by atoms with Crippen molar-refractivity contribution in [2.45, 2.75) is 52.2 Å². The number of rotatable bonds is 7. The maximum atomic E-state index is 5.65. The van der Waals surface area contributed by atoms with Gasteiger partial charge in [-0.2, -0.15) is 0 Å². The smallest absolute Gasteiger partial charge is 0.119 e. The predicted octanol–water partition coefficient (Wildman–Crippen LogP) is 3.92. The summed E-state index contributed by atoms with van der Waals surface area (Å²) in [6.45, 7) is 7.47. The molecule has 1 N–H and O–H groups in total. The Bertz CT molecular complexity index is 354. The summed E-state index contributed by atoms with van der Waals surface area (Å²) in [7, 11) is 0. The lowest BCUT2D eigenvalue weighted by molar-refractivity contribution is 0.242. The molecule has 1 aliphatic carbocycles. The zero-order chi connectivity index (χ0) is 13.0. The van der Waals surface area contributed by atoms with Crippen LogP contribution in [0.15, 0.2) is 24.3 Å². The summed E-state index contributed by atoms with van der Waals surface area (Å²) in [5, 5.41) is 3.59. The molecule has 1 fully saturated rings. The average Bonchev–Trinajstić information content (AvgIpc) is 3.13. The first kappa shape index (κ1) is 13.4. The van der Waals surface area contributed by atoms with E-state index in [-0.39, 0.29) is 6.10 Å². The van der Waals surface area contributed by atoms with Gasteiger partial charge in [-0.3, -0.25) is 0 Å². The van der Waals surface area contributed by atoms with E-state index in [0.29, 0.717) is 6.04 Å². The average molecular weight is 247 g/mol. The van der Waals surface area contributed by atoms with Crippen LogP contribution < -0.4 is 10.1 Å². The highest BCUT2D eigenvalue weighted by atomic mass is 16.5. The fraction of sp³-hybridized carbons (Fsp3) is 0.625. The van der Waals surface area contributed by atoms with Gasteiger partial charge in [0, 0.05) is 6.04 Å². The molecule has 1 saturated carbocycles. The predicted molar refractivity (Wildman–Crippen MR) is 76.0 cm³/mol. The highest BCUT2D eigenvalue weighted by Gasteiger charge is 2.20. The van der Waals surface area contributed by atoms with Crippen molar-refractivity contribution in [3.8, 4) is 5.75 Å². The van der Waals surface area contributed by atoms with Gasteiger partial charge < -0.3 is 10.1 Å². The Morgan fingerprint density at radius 2 is 1.83 bits per heavy atom. The second-order valence-electron chi connectivity index (χ2n) is 5.64. The van der Waals surface area contributed by atoms with E-state index in [1.807, 2.05) is 0 Å². The van der Waals surface area contributed by atoms with Crippen LogP contribution in [0.4, 0.5) is 0 Å². The molecule has 0 amide bonds. The molecule has 1 aromatic rings. The molecule has 0 saturated heterocycles. The van der Waals surface area contributed by atoms with Gasteiger partial charge >= 0.3 is 0 Å². The molecule has 0 spiro atoms. The minimum atomic E-state index is 0.241. The summed E-state index contributed by atoms with van der Waals surface area (Å²) in [4.78, 5) is 0. The Hall–Kier alpha value is -1.02. The molecule has 1 aromatic carbocycles. The van der Waals surface area contributed by atoms with E-state index < -0.39 is 0 Å². The van der Waals surface area contributed by atoms with Gasteiger partial charge in [0.25, 0.3) is 0 Å². The summed E-state index contributed by atoms with van der Waals surface area (Å²) in [6.07, 6.45) is 4.46. The van der Waals surface area contributed by atoms with E-state index in [1.165, 1.54) is 24.8 Å². The Kier molecular flexibility index (Phi) is 4.65. The Balaban J connectivity index is 1.79. The number of hydrogen-bond donors (Lipinski definition) is 1. The van der Waals surface area contributed by atoms with E-state index in [1.54, 1.807) is 0 Å². The van der Waals surface area contributed by atoms with Crippen LogP contribution in [0.2, 0.25) is 0 Å². The molecule has 0 aromatic heterocycles. The summed E-state index contributed by atoms with van der Waals surface area (Å²) in [5.74, 6) is 1.96. The zero-order valence-corrected chi connectivity index (χ0v) is 11.8. The fourth-order valence-corrected chi connectivity index (χ4v) is 2.14. The molecule has 18 heavy (non-hydrogen) atoms. The third-order valence-electron chi connectivity index (χ3n) is 3.45. The van der Waals surface area contributed by atoms with Crippen molar-refractivity contribution in [1.82, 2.24) is 5.32 Å². The van der Waals surface area contributed by atoms with Crippen LogP contribution in [-0.4, -0.2) is 12.6 Å². The summed E-state index contributed by atoms with van der Waals surface area (Å²) in [6, 6.07) is 8.87. The van der Waals surface area contributed by atoms with Crippen LogP contribution >= 0.6 is 0 Å². The fourth-order valence-electron chi connectivity index (χ4n) is 2.14. The normalized spacial score (nSPS) is 16.9. The zero-order valence-electron chi connectivity index (χ0n) is 11.8. The standard InChI is InChI=1S/C16H25NO/c1-12(2)18-16-8-6-15(7-9-16)13(3)17-11-10-14-4-5-14/h6-9,12-14,17H,4-5,10-11H2,1-3H3. The summed E-state index contributed by atoms with van der Waals surface area (Å²) >= 11 is 0. The first-order chi connectivity index (χ1) is 8.65. The Labute approximate surface area is 111 Å². The molecule has 2 rings (SSSR count). The minimum Gasteiger partial charge on any atom is -0.491 e. The van der Waals surface area contributed by atoms with E-state index in [2.05, 4.69) is 50.4 Å². The third kappa shape index (κ3) is 4.34. The number of ether oxygens (including phenoxy) is 1. The Morgan fingerprint density at radius 3 is 2.39 bits per heavy atom. The number of hydrogen-bond acceptors (Lipinski definition) is 2. The van der Waals surface area contributed by atoms with Crippen molar-refractivity contribution in [1.29, 1.82) is 0 Å². The van der Waals surface area contributed by atoms with Crippen molar-refractivity contribution in [2.24, 2.45) is 5.92 Å². The summed E-state index contributed by atoms with van der Waals surface area (Å²) in [5.41, 5.74) is 1.34. The molecular weight excluding hydrogens is 222 g/mol. The Morgan fingerprint density at radius 1 is 1.17 bits per heavy atom. The van der Waals surface area contributed by atoms with Crippen LogP contribution in [0.5, 0.6) is 5.75 Å². The summed E-state index contributed by atoms with van der Waals surface area (Å²) < 4.78 is 5.65. The van der Waals surface area contributed by atoms with Crippen LogP contribution in [0.3, 0.4) is 0 Å². The van der Waals surface area contributed by atoms with Crippen molar-refractivity contribution >= 4 is 0 Å². The molecule has 1 unspecified atom stereocenters. The lowest BCUT2D eigenvalue weighted by Gasteiger charge is -2.15. The maximum Gasteiger partial charge on any atom is 0.119 e. The largest absolute Gasteiger partial charge is 0.491 e. The van der Waals surface area contributed by atoms with Crippen LogP contribution in [0.1, 0.15) is 51.6 Å². The van der Waals surface area contributed by atoms with Gasteiger partial charge in [0.05, 0.1) is 6.10 Å². The quantitative estimate of drug-likeness (QED) is 0.788. The first-order valence-corrected chi connectivity index (χ1v) is 7.15. The van der Waals surface area contributed by atoms with Crippen LogP contribution in [0.25, 0.3) is 0 Å². The highest BCUT2D eigenvalue weighted by molar-refractivity contribution is 5.29. The molecule has 1 atom stereocenters. The van der Waals surface area contributed by atoms with Gasteiger partial charge in [0.1, 0.15) is 5.75 Å². The molecule has 2 nitrogen and oxygen atoms in total. The van der Waals surface area contributed by atoms with Gasteiger partial charge in [0.15, 0.2) is 0 Å². The van der Waals surface area contributed by atoms with Gasteiger partial charge in [-0.25, -0.2) is 0 Å². The topological polar surface area (TPSA) is 21.3 Å². The molecule has 0 bridgehead atoms. The number of nitrogens with one attached hydrogen (secondary N) is 1. The van der Waals surface area contributed by atoms with E-state index in [4.69, 9.17) is 4.74 Å². The van der Waals surface area contributed by atoms with Crippen molar-refractivity contribution in [3.05, 3.63) is 29.8 Å². The molecular formula is C16H25NO. The van der Waals surface area contributed by atoms with E-state index in [0.717, 1.165) is 18.2 Å². The van der Waals surface area contributed by atoms with Crippen molar-refractivity contribution in [3.63, 3.8) is 0 Å².